The molecule has 4 rings (SSSR count). The number of hydrogen-bond acceptors (Lipinski definition) is 4. The summed E-state index contributed by atoms with van der Waals surface area (Å²) in [6.07, 6.45) is 1.08. The highest BCUT2D eigenvalue weighted by Crippen LogP contribution is 2.37. The minimum atomic E-state index is -2.63. The van der Waals surface area contributed by atoms with E-state index >= 15 is 0 Å². The molecule has 0 atom stereocenters. The molecule has 0 aliphatic carbocycles. The molecule has 3 aromatic rings. The van der Waals surface area contributed by atoms with Gasteiger partial charge in [-0.1, -0.05) is 37.3 Å². The Balaban J connectivity index is 1.83. The first kappa shape index (κ1) is 21.7. The average molecular weight is 439 g/mol. The summed E-state index contributed by atoms with van der Waals surface area (Å²) in [5.74, 6) is -0.0464. The number of H-pyrrole nitrogens is 1. The molecule has 0 spiro atoms. The minimum absolute atomic E-state index is 0.0177. The number of ether oxygens (including phenoxy) is 1. The number of Topliss-reactive ketones (excluding diaryl/α,β-unsaturated/α-hetero) is 1. The number of fused-ring (bicyclic) bond motifs is 1. The summed E-state index contributed by atoms with van der Waals surface area (Å²) < 4.78 is 30.9. The number of aromatic amines is 1. The number of carbonyl (C=O) groups excluding carboxylic acids is 2. The maximum atomic E-state index is 13.1. The third-order valence-electron chi connectivity index (χ3n) is 5.44. The smallest absolute Gasteiger partial charge is 0.272 e. The fourth-order valence-corrected chi connectivity index (χ4v) is 4.01. The zero-order valence-electron chi connectivity index (χ0n) is 17.6. The van der Waals surface area contributed by atoms with Gasteiger partial charge in [-0.05, 0) is 17.2 Å². The molecule has 2 aromatic heterocycles. The minimum Gasteiger partial charge on any atom is -0.485 e. The number of nitrogens with one attached hydrogen (secondary N) is 1. The third kappa shape index (κ3) is 4.39. The van der Waals surface area contributed by atoms with E-state index in [0.29, 0.717) is 35.4 Å². The number of nitrogens with zero attached hydrogens (tertiary/aromatic N) is 2. The molecule has 0 saturated carbocycles. The standard InChI is InChI=1S/C24H23F2N3O3/c1-2-22(31)29-12-18-23(19(30)13-29)17(10-15-6-4-3-5-7-15)24(28-18)16-8-9-27-11-20(16)32-14-21(25)26/h3-9,11,21,28H,2,10,12-14H2,1H3. The summed E-state index contributed by atoms with van der Waals surface area (Å²) >= 11 is 0. The summed E-state index contributed by atoms with van der Waals surface area (Å²) in [6, 6.07) is 11.3. The van der Waals surface area contributed by atoms with Gasteiger partial charge in [-0.3, -0.25) is 14.6 Å². The van der Waals surface area contributed by atoms with Gasteiger partial charge in [0.1, 0.15) is 12.4 Å². The van der Waals surface area contributed by atoms with Crippen molar-refractivity contribution in [2.24, 2.45) is 0 Å². The molecule has 1 aliphatic heterocycles. The second kappa shape index (κ2) is 9.30. The Kier molecular flexibility index (Phi) is 6.30. The second-order valence-electron chi connectivity index (χ2n) is 7.59. The number of pyridine rings is 1. The Labute approximate surface area is 184 Å². The van der Waals surface area contributed by atoms with Gasteiger partial charge in [0, 0.05) is 35.9 Å². The predicted molar refractivity (Wildman–Crippen MR) is 115 cm³/mol. The maximum Gasteiger partial charge on any atom is 0.272 e. The normalized spacial score (nSPS) is 13.4. The number of aromatic nitrogens is 2. The number of amides is 1. The number of hydrogen-bond donors (Lipinski definition) is 1. The van der Waals surface area contributed by atoms with Crippen LogP contribution in [0, 0.1) is 0 Å². The van der Waals surface area contributed by atoms with Crippen molar-refractivity contribution >= 4 is 11.7 Å². The predicted octanol–water partition coefficient (Wildman–Crippen LogP) is 4.25. The van der Waals surface area contributed by atoms with Crippen LogP contribution in [0.2, 0.25) is 0 Å². The van der Waals surface area contributed by atoms with Gasteiger partial charge in [0.05, 0.1) is 25.0 Å². The maximum absolute atomic E-state index is 13.1. The van der Waals surface area contributed by atoms with Crippen molar-refractivity contribution in [1.29, 1.82) is 0 Å². The molecule has 0 saturated heterocycles. The zero-order chi connectivity index (χ0) is 22.7. The van der Waals surface area contributed by atoms with Crippen LogP contribution in [0.15, 0.2) is 48.8 Å². The second-order valence-corrected chi connectivity index (χ2v) is 7.59. The van der Waals surface area contributed by atoms with E-state index in [4.69, 9.17) is 4.74 Å². The Morgan fingerprint density at radius 3 is 2.72 bits per heavy atom. The lowest BCUT2D eigenvalue weighted by Crippen LogP contribution is -2.39. The first-order chi connectivity index (χ1) is 15.5. The molecular formula is C24H23F2N3O3. The van der Waals surface area contributed by atoms with Crippen molar-refractivity contribution in [3.63, 3.8) is 0 Å². The Bertz CT molecular complexity index is 1130. The average Bonchev–Trinajstić information content (AvgIpc) is 3.16. The number of benzene rings is 1. The van der Waals surface area contributed by atoms with Crippen LogP contribution < -0.4 is 4.74 Å². The largest absolute Gasteiger partial charge is 0.485 e. The van der Waals surface area contributed by atoms with E-state index in [-0.39, 0.29) is 30.5 Å². The molecule has 3 heterocycles. The van der Waals surface area contributed by atoms with Crippen LogP contribution in [0.1, 0.15) is 40.5 Å². The van der Waals surface area contributed by atoms with Gasteiger partial charge >= 0.3 is 0 Å². The zero-order valence-corrected chi connectivity index (χ0v) is 17.6. The summed E-state index contributed by atoms with van der Waals surface area (Å²) in [5, 5.41) is 0. The molecule has 1 aliphatic rings. The van der Waals surface area contributed by atoms with E-state index in [2.05, 4.69) is 9.97 Å². The Morgan fingerprint density at radius 2 is 2.00 bits per heavy atom. The lowest BCUT2D eigenvalue weighted by Gasteiger charge is -2.26. The van der Waals surface area contributed by atoms with E-state index in [1.807, 2.05) is 30.3 Å². The summed E-state index contributed by atoms with van der Waals surface area (Å²) in [5.41, 5.74) is 4.11. The molecule has 32 heavy (non-hydrogen) atoms. The highest BCUT2D eigenvalue weighted by Gasteiger charge is 2.32. The molecule has 1 N–H and O–H groups in total. The van der Waals surface area contributed by atoms with Crippen molar-refractivity contribution < 1.29 is 23.1 Å². The van der Waals surface area contributed by atoms with Gasteiger partial charge in [0.15, 0.2) is 5.78 Å². The molecule has 0 radical (unpaired) electrons. The van der Waals surface area contributed by atoms with Gasteiger partial charge < -0.3 is 14.6 Å². The quantitative estimate of drug-likeness (QED) is 0.597. The molecule has 1 aromatic carbocycles. The van der Waals surface area contributed by atoms with E-state index in [1.165, 1.54) is 11.1 Å². The van der Waals surface area contributed by atoms with Crippen LogP contribution in [0.5, 0.6) is 5.75 Å². The number of halogens is 2. The molecule has 0 fully saturated rings. The summed E-state index contributed by atoms with van der Waals surface area (Å²) in [4.78, 5) is 34.2. The number of ketones is 1. The fourth-order valence-electron chi connectivity index (χ4n) is 4.01. The van der Waals surface area contributed by atoms with Gasteiger partial charge in [-0.15, -0.1) is 0 Å². The van der Waals surface area contributed by atoms with Crippen LogP contribution in [0.4, 0.5) is 8.78 Å². The molecule has 0 unspecified atom stereocenters. The van der Waals surface area contributed by atoms with Crippen molar-refractivity contribution in [2.75, 3.05) is 13.2 Å². The van der Waals surface area contributed by atoms with Crippen molar-refractivity contribution in [3.05, 3.63) is 71.2 Å². The fraction of sp³-hybridized carbons (Fsp3) is 0.292. The van der Waals surface area contributed by atoms with Crippen LogP contribution in [-0.2, 0) is 17.8 Å². The number of alkyl halides is 2. The van der Waals surface area contributed by atoms with E-state index in [1.54, 1.807) is 19.2 Å². The van der Waals surface area contributed by atoms with Crippen molar-refractivity contribution in [1.82, 2.24) is 14.9 Å². The molecule has 8 heteroatoms. The van der Waals surface area contributed by atoms with E-state index in [0.717, 1.165) is 11.1 Å². The third-order valence-corrected chi connectivity index (χ3v) is 5.44. The van der Waals surface area contributed by atoms with Gasteiger partial charge in [0.25, 0.3) is 6.43 Å². The first-order valence-corrected chi connectivity index (χ1v) is 10.4. The molecule has 1 amide bonds. The van der Waals surface area contributed by atoms with E-state index in [9.17, 15) is 18.4 Å². The molecule has 166 valence electrons. The number of rotatable bonds is 7. The lowest BCUT2D eigenvalue weighted by atomic mass is 9.93. The molecular weight excluding hydrogens is 416 g/mol. The SMILES string of the molecule is CCC(=O)N1CC(=O)c2c([nH]c(-c3ccncc3OCC(F)F)c2Cc2ccccc2)C1. The monoisotopic (exact) mass is 439 g/mol. The molecule has 0 bridgehead atoms. The molecule has 6 nitrogen and oxygen atoms in total. The topological polar surface area (TPSA) is 75.3 Å². The summed E-state index contributed by atoms with van der Waals surface area (Å²) in [6.45, 7) is 1.30. The highest BCUT2D eigenvalue weighted by molar-refractivity contribution is 6.04. The number of carbonyl (C=O) groups is 2. The van der Waals surface area contributed by atoms with Crippen LogP contribution in [0.25, 0.3) is 11.3 Å². The van der Waals surface area contributed by atoms with E-state index < -0.39 is 13.0 Å². The Morgan fingerprint density at radius 1 is 1.22 bits per heavy atom. The van der Waals surface area contributed by atoms with Gasteiger partial charge in [0.2, 0.25) is 5.91 Å². The van der Waals surface area contributed by atoms with Gasteiger partial charge in [-0.2, -0.15) is 0 Å². The first-order valence-electron chi connectivity index (χ1n) is 10.4. The van der Waals surface area contributed by atoms with Crippen molar-refractivity contribution in [2.45, 2.75) is 32.7 Å². The Hall–Kier alpha value is -3.55. The summed E-state index contributed by atoms with van der Waals surface area (Å²) in [7, 11) is 0. The lowest BCUT2D eigenvalue weighted by molar-refractivity contribution is -0.131. The van der Waals surface area contributed by atoms with Crippen LogP contribution in [-0.4, -0.2) is 46.1 Å². The van der Waals surface area contributed by atoms with Crippen LogP contribution in [0.3, 0.4) is 0 Å². The van der Waals surface area contributed by atoms with Crippen molar-refractivity contribution in [3.8, 4) is 17.0 Å². The highest BCUT2D eigenvalue weighted by atomic mass is 19.3. The van der Waals surface area contributed by atoms with Crippen LogP contribution >= 0.6 is 0 Å². The van der Waals surface area contributed by atoms with Gasteiger partial charge in [-0.25, -0.2) is 8.78 Å².